The summed E-state index contributed by atoms with van der Waals surface area (Å²) in [4.78, 5) is 21.5. The number of hydrogen-bond acceptors (Lipinski definition) is 4. The number of hydrogen-bond donors (Lipinski definition) is 1. The van der Waals surface area contributed by atoms with Gasteiger partial charge in [-0.05, 0) is 36.2 Å². The first-order chi connectivity index (χ1) is 14.2. The van der Waals surface area contributed by atoms with Crippen molar-refractivity contribution in [3.63, 3.8) is 0 Å². The molecule has 1 saturated heterocycles. The Morgan fingerprint density at radius 3 is 2.52 bits per heavy atom. The van der Waals surface area contributed by atoms with Crippen LogP contribution in [0.15, 0.2) is 73.1 Å². The maximum atomic E-state index is 13.0. The minimum atomic E-state index is 0.0461. The first kappa shape index (κ1) is 19.0. The molecule has 5 nitrogen and oxygen atoms in total. The number of aryl methyl sites for hydroxylation is 1. The van der Waals surface area contributed by atoms with Crippen LogP contribution in [0, 0.1) is 6.92 Å². The molecule has 148 valence electrons. The molecule has 1 amide bonds. The lowest BCUT2D eigenvalue weighted by atomic mass is 10.1. The number of rotatable bonds is 5. The fourth-order valence-corrected chi connectivity index (χ4v) is 3.63. The lowest BCUT2D eigenvalue weighted by molar-refractivity contribution is 0.0746. The highest BCUT2D eigenvalue weighted by Crippen LogP contribution is 2.19. The van der Waals surface area contributed by atoms with Crippen LogP contribution in [0.2, 0.25) is 0 Å². The van der Waals surface area contributed by atoms with Gasteiger partial charge < -0.3 is 15.1 Å². The molecule has 4 rings (SSSR count). The second-order valence-electron chi connectivity index (χ2n) is 7.42. The smallest absolute Gasteiger partial charge is 0.255 e. The van der Waals surface area contributed by atoms with Gasteiger partial charge in [-0.3, -0.25) is 9.78 Å². The monoisotopic (exact) mass is 386 g/mol. The van der Waals surface area contributed by atoms with E-state index in [1.54, 1.807) is 12.4 Å². The molecule has 0 radical (unpaired) electrons. The second-order valence-corrected chi connectivity index (χ2v) is 7.42. The summed E-state index contributed by atoms with van der Waals surface area (Å²) in [7, 11) is 0. The van der Waals surface area contributed by atoms with Crippen molar-refractivity contribution >= 4 is 17.3 Å². The van der Waals surface area contributed by atoms with E-state index in [1.807, 2.05) is 29.2 Å². The number of piperazine rings is 1. The summed E-state index contributed by atoms with van der Waals surface area (Å²) in [6.07, 6.45) is 3.42. The van der Waals surface area contributed by atoms with E-state index in [9.17, 15) is 4.79 Å². The number of pyridine rings is 1. The molecule has 0 spiro atoms. The van der Waals surface area contributed by atoms with E-state index in [-0.39, 0.29) is 5.91 Å². The highest BCUT2D eigenvalue weighted by Gasteiger charge is 2.22. The minimum absolute atomic E-state index is 0.0461. The van der Waals surface area contributed by atoms with E-state index in [4.69, 9.17) is 0 Å². The Bertz CT molecular complexity index is 965. The Hall–Kier alpha value is -3.34. The first-order valence-electron chi connectivity index (χ1n) is 10.0. The van der Waals surface area contributed by atoms with Crippen molar-refractivity contribution in [1.29, 1.82) is 0 Å². The number of amides is 1. The topological polar surface area (TPSA) is 48.5 Å². The van der Waals surface area contributed by atoms with Gasteiger partial charge in [-0.1, -0.05) is 42.5 Å². The van der Waals surface area contributed by atoms with E-state index in [0.717, 1.165) is 18.8 Å². The van der Waals surface area contributed by atoms with E-state index < -0.39 is 0 Å². The number of nitrogens with zero attached hydrogens (tertiary/aromatic N) is 3. The molecule has 29 heavy (non-hydrogen) atoms. The van der Waals surface area contributed by atoms with Crippen molar-refractivity contribution in [2.75, 3.05) is 36.4 Å². The Labute approximate surface area is 172 Å². The van der Waals surface area contributed by atoms with Crippen LogP contribution in [0.3, 0.4) is 0 Å². The standard InChI is InChI=1S/C24H26N4O/c1-19-6-5-9-23(14-19)27-10-12-28(13-11-27)24(29)21-15-22(18-25-17-21)26-16-20-7-3-2-4-8-20/h2-9,14-15,17-18,26H,10-13,16H2,1H3. The largest absolute Gasteiger partial charge is 0.380 e. The number of aromatic nitrogens is 1. The third kappa shape index (κ3) is 4.74. The Morgan fingerprint density at radius 1 is 0.966 bits per heavy atom. The van der Waals surface area contributed by atoms with Crippen LogP contribution in [0.4, 0.5) is 11.4 Å². The lowest BCUT2D eigenvalue weighted by Gasteiger charge is -2.36. The van der Waals surface area contributed by atoms with Crippen LogP contribution in [-0.2, 0) is 6.54 Å². The van der Waals surface area contributed by atoms with Crippen LogP contribution >= 0.6 is 0 Å². The van der Waals surface area contributed by atoms with Gasteiger partial charge in [-0.15, -0.1) is 0 Å². The molecule has 2 aromatic carbocycles. The molecule has 5 heteroatoms. The van der Waals surface area contributed by atoms with Gasteiger partial charge in [-0.25, -0.2) is 0 Å². The Morgan fingerprint density at radius 2 is 1.76 bits per heavy atom. The van der Waals surface area contributed by atoms with Crippen LogP contribution in [0.5, 0.6) is 0 Å². The van der Waals surface area contributed by atoms with Gasteiger partial charge in [0.1, 0.15) is 0 Å². The van der Waals surface area contributed by atoms with Crippen molar-refractivity contribution in [2.45, 2.75) is 13.5 Å². The van der Waals surface area contributed by atoms with Gasteiger partial charge in [0.25, 0.3) is 5.91 Å². The number of carbonyl (C=O) groups is 1. The normalized spacial score (nSPS) is 14.0. The van der Waals surface area contributed by atoms with Crippen LogP contribution in [0.25, 0.3) is 0 Å². The van der Waals surface area contributed by atoms with Crippen LogP contribution < -0.4 is 10.2 Å². The fourth-order valence-electron chi connectivity index (χ4n) is 3.63. The number of benzene rings is 2. The van der Waals surface area contributed by atoms with E-state index in [1.165, 1.54) is 16.8 Å². The molecular weight excluding hydrogens is 360 g/mol. The fraction of sp³-hybridized carbons (Fsp3) is 0.250. The van der Waals surface area contributed by atoms with Crippen LogP contribution in [-0.4, -0.2) is 42.0 Å². The van der Waals surface area contributed by atoms with Gasteiger partial charge in [0.05, 0.1) is 11.3 Å². The van der Waals surface area contributed by atoms with Crippen LogP contribution in [0.1, 0.15) is 21.5 Å². The minimum Gasteiger partial charge on any atom is -0.380 e. The zero-order chi connectivity index (χ0) is 20.1. The van der Waals surface area contributed by atoms with Crippen molar-refractivity contribution in [3.8, 4) is 0 Å². The zero-order valence-electron chi connectivity index (χ0n) is 16.7. The molecule has 0 unspecified atom stereocenters. The maximum absolute atomic E-state index is 13.0. The molecule has 0 atom stereocenters. The summed E-state index contributed by atoms with van der Waals surface area (Å²) in [6, 6.07) is 20.6. The summed E-state index contributed by atoms with van der Waals surface area (Å²) in [5.74, 6) is 0.0461. The SMILES string of the molecule is Cc1cccc(N2CCN(C(=O)c3cncc(NCc4ccccc4)c3)CC2)c1. The van der Waals surface area contributed by atoms with Crippen molar-refractivity contribution in [1.82, 2.24) is 9.88 Å². The van der Waals surface area contributed by atoms with Crippen molar-refractivity contribution in [2.24, 2.45) is 0 Å². The molecular formula is C24H26N4O. The van der Waals surface area contributed by atoms with Gasteiger partial charge in [0, 0.05) is 50.8 Å². The van der Waals surface area contributed by atoms with E-state index in [0.29, 0.717) is 25.2 Å². The van der Waals surface area contributed by atoms with Gasteiger partial charge in [0.2, 0.25) is 0 Å². The molecule has 3 aromatic rings. The summed E-state index contributed by atoms with van der Waals surface area (Å²) in [6.45, 7) is 5.93. The first-order valence-corrected chi connectivity index (χ1v) is 10.0. The number of nitrogens with one attached hydrogen (secondary N) is 1. The average molecular weight is 386 g/mol. The molecule has 1 aliphatic rings. The quantitative estimate of drug-likeness (QED) is 0.721. The van der Waals surface area contributed by atoms with E-state index in [2.05, 4.69) is 58.5 Å². The Balaban J connectivity index is 1.36. The highest BCUT2D eigenvalue weighted by molar-refractivity contribution is 5.95. The molecule has 0 bridgehead atoms. The van der Waals surface area contributed by atoms with Gasteiger partial charge in [0.15, 0.2) is 0 Å². The van der Waals surface area contributed by atoms with Gasteiger partial charge >= 0.3 is 0 Å². The average Bonchev–Trinajstić information content (AvgIpc) is 2.78. The molecule has 1 aliphatic heterocycles. The molecule has 1 N–H and O–H groups in total. The number of anilines is 2. The predicted molar refractivity (Wildman–Crippen MR) is 117 cm³/mol. The molecule has 0 aliphatic carbocycles. The zero-order valence-corrected chi connectivity index (χ0v) is 16.7. The third-order valence-electron chi connectivity index (χ3n) is 5.26. The Kier molecular flexibility index (Phi) is 5.75. The predicted octanol–water partition coefficient (Wildman–Crippen LogP) is 3.96. The summed E-state index contributed by atoms with van der Waals surface area (Å²) < 4.78 is 0. The third-order valence-corrected chi connectivity index (χ3v) is 5.26. The lowest BCUT2D eigenvalue weighted by Crippen LogP contribution is -2.48. The number of carbonyl (C=O) groups excluding carboxylic acids is 1. The van der Waals surface area contributed by atoms with Crippen molar-refractivity contribution < 1.29 is 4.79 Å². The summed E-state index contributed by atoms with van der Waals surface area (Å²) in [5, 5.41) is 3.35. The maximum Gasteiger partial charge on any atom is 0.255 e. The second kappa shape index (κ2) is 8.78. The molecule has 0 saturated carbocycles. The summed E-state index contributed by atoms with van der Waals surface area (Å²) in [5.41, 5.74) is 5.17. The molecule has 2 heterocycles. The molecule has 1 fully saturated rings. The van der Waals surface area contributed by atoms with Crippen molar-refractivity contribution in [3.05, 3.63) is 89.7 Å². The summed E-state index contributed by atoms with van der Waals surface area (Å²) >= 11 is 0. The molecule has 1 aromatic heterocycles. The van der Waals surface area contributed by atoms with Gasteiger partial charge in [-0.2, -0.15) is 0 Å². The van der Waals surface area contributed by atoms with E-state index >= 15 is 0 Å². The highest BCUT2D eigenvalue weighted by atomic mass is 16.2.